The molecule has 1 saturated carbocycles. The molecule has 1 aliphatic rings. The highest BCUT2D eigenvalue weighted by atomic mass is 16.3. The van der Waals surface area contributed by atoms with Crippen molar-refractivity contribution in [2.24, 2.45) is 5.92 Å². The fraction of sp³-hybridized carbons (Fsp3) is 0.467. The second kappa shape index (κ2) is 5.80. The molecule has 3 nitrogen and oxygen atoms in total. The molecule has 0 saturated heterocycles. The van der Waals surface area contributed by atoms with Crippen LogP contribution in [0, 0.1) is 5.92 Å². The Hall–Kier alpha value is -1.64. The first kappa shape index (κ1) is 12.8. The summed E-state index contributed by atoms with van der Waals surface area (Å²) in [5.74, 6) is 0.295. The van der Waals surface area contributed by atoms with Crippen molar-refractivity contribution in [3.8, 4) is 5.75 Å². The van der Waals surface area contributed by atoms with Gasteiger partial charge in [-0.25, -0.2) is 0 Å². The molecule has 1 N–H and O–H groups in total. The van der Waals surface area contributed by atoms with E-state index in [1.807, 2.05) is 0 Å². The summed E-state index contributed by atoms with van der Waals surface area (Å²) in [4.78, 5) is 23.6. The number of phenols is 1. The van der Waals surface area contributed by atoms with Crippen molar-refractivity contribution in [1.82, 2.24) is 0 Å². The van der Waals surface area contributed by atoms with Crippen LogP contribution in [0.3, 0.4) is 0 Å². The zero-order chi connectivity index (χ0) is 13.0. The predicted molar refractivity (Wildman–Crippen MR) is 68.6 cm³/mol. The van der Waals surface area contributed by atoms with E-state index in [2.05, 4.69) is 0 Å². The minimum Gasteiger partial charge on any atom is -0.507 e. The maximum atomic E-state index is 11.9. The first-order valence-electron chi connectivity index (χ1n) is 6.52. The molecule has 1 fully saturated rings. The lowest BCUT2D eigenvalue weighted by atomic mass is 9.84. The van der Waals surface area contributed by atoms with Gasteiger partial charge in [-0.05, 0) is 31.4 Å². The summed E-state index contributed by atoms with van der Waals surface area (Å²) in [7, 11) is 0. The van der Waals surface area contributed by atoms with E-state index in [1.165, 1.54) is 6.07 Å². The number of hydrogen-bond acceptors (Lipinski definition) is 3. The molecule has 1 aromatic carbocycles. The lowest BCUT2D eigenvalue weighted by Crippen LogP contribution is -2.19. The highest BCUT2D eigenvalue weighted by Crippen LogP contribution is 2.26. The maximum Gasteiger partial charge on any atom is 0.166 e. The van der Waals surface area contributed by atoms with Gasteiger partial charge in [-0.2, -0.15) is 0 Å². The van der Waals surface area contributed by atoms with Crippen molar-refractivity contribution in [1.29, 1.82) is 0 Å². The van der Waals surface area contributed by atoms with Crippen LogP contribution in [0.2, 0.25) is 0 Å². The smallest absolute Gasteiger partial charge is 0.166 e. The molecule has 0 bridgehead atoms. The minimum atomic E-state index is -0.0773. The van der Waals surface area contributed by atoms with Crippen LogP contribution in [-0.2, 0) is 4.79 Å². The summed E-state index contributed by atoms with van der Waals surface area (Å²) in [6, 6.07) is 6.56. The molecule has 0 spiro atoms. The van der Waals surface area contributed by atoms with Gasteiger partial charge in [0.25, 0.3) is 0 Å². The van der Waals surface area contributed by atoms with Crippen molar-refractivity contribution in [3.05, 3.63) is 29.8 Å². The number of rotatable bonds is 4. The van der Waals surface area contributed by atoms with Gasteiger partial charge >= 0.3 is 0 Å². The summed E-state index contributed by atoms with van der Waals surface area (Å²) < 4.78 is 0. The standard InChI is InChI=1S/C15H18O3/c16-13-7-3-1-5-11(13)9-10-15(18)12-6-2-4-8-14(12)17/h2,4,6,8,11,17H,1,3,5,7,9-10H2. The predicted octanol–water partition coefficient (Wildman–Crippen LogP) is 3.11. The van der Waals surface area contributed by atoms with Gasteiger partial charge in [-0.3, -0.25) is 9.59 Å². The Morgan fingerprint density at radius 1 is 1.28 bits per heavy atom. The summed E-state index contributed by atoms with van der Waals surface area (Å²) in [5, 5.41) is 9.58. The highest BCUT2D eigenvalue weighted by Gasteiger charge is 2.23. The van der Waals surface area contributed by atoms with E-state index in [0.29, 0.717) is 30.6 Å². The number of ketones is 2. The second-order valence-corrected chi connectivity index (χ2v) is 4.89. The van der Waals surface area contributed by atoms with Crippen molar-refractivity contribution in [2.45, 2.75) is 38.5 Å². The molecular weight excluding hydrogens is 228 g/mol. The first-order valence-corrected chi connectivity index (χ1v) is 6.52. The van der Waals surface area contributed by atoms with E-state index >= 15 is 0 Å². The van der Waals surface area contributed by atoms with Crippen LogP contribution in [0.4, 0.5) is 0 Å². The number of phenolic OH excluding ortho intramolecular Hbond substituents is 1. The molecule has 3 heteroatoms. The number of para-hydroxylation sites is 1. The average Bonchev–Trinajstić information content (AvgIpc) is 2.38. The van der Waals surface area contributed by atoms with E-state index in [9.17, 15) is 14.7 Å². The van der Waals surface area contributed by atoms with Crippen LogP contribution in [0.15, 0.2) is 24.3 Å². The highest BCUT2D eigenvalue weighted by molar-refractivity contribution is 5.98. The Morgan fingerprint density at radius 2 is 2.06 bits per heavy atom. The molecular formula is C15H18O3. The molecule has 1 aromatic rings. The van der Waals surface area contributed by atoms with Crippen LogP contribution in [0.5, 0.6) is 5.75 Å². The minimum absolute atomic E-state index is 0.0254. The number of carbonyl (C=O) groups is 2. The Balaban J connectivity index is 1.92. The number of Topliss-reactive ketones (excluding diaryl/α,β-unsaturated/α-hetero) is 2. The normalized spacial score (nSPS) is 19.8. The summed E-state index contributed by atoms with van der Waals surface area (Å²) >= 11 is 0. The van der Waals surface area contributed by atoms with Crippen molar-refractivity contribution in [2.75, 3.05) is 0 Å². The van der Waals surface area contributed by atoms with Gasteiger partial charge in [0.15, 0.2) is 5.78 Å². The summed E-state index contributed by atoms with van der Waals surface area (Å²) in [6.45, 7) is 0. The molecule has 0 heterocycles. The van der Waals surface area contributed by atoms with Gasteiger partial charge in [-0.15, -0.1) is 0 Å². The lowest BCUT2D eigenvalue weighted by molar-refractivity contribution is -0.124. The van der Waals surface area contributed by atoms with Gasteiger partial charge in [0.05, 0.1) is 5.56 Å². The van der Waals surface area contributed by atoms with Crippen molar-refractivity contribution < 1.29 is 14.7 Å². The molecule has 0 radical (unpaired) electrons. The SMILES string of the molecule is O=C(CCC1CCCCC1=O)c1ccccc1O. The second-order valence-electron chi connectivity index (χ2n) is 4.89. The van der Waals surface area contributed by atoms with Crippen LogP contribution in [0.25, 0.3) is 0 Å². The average molecular weight is 246 g/mol. The van der Waals surface area contributed by atoms with E-state index in [-0.39, 0.29) is 17.5 Å². The molecule has 1 unspecified atom stereocenters. The van der Waals surface area contributed by atoms with Crippen LogP contribution in [-0.4, -0.2) is 16.7 Å². The number of aromatic hydroxyl groups is 1. The van der Waals surface area contributed by atoms with Crippen molar-refractivity contribution in [3.63, 3.8) is 0 Å². The van der Waals surface area contributed by atoms with Gasteiger partial charge in [0.2, 0.25) is 0 Å². The zero-order valence-corrected chi connectivity index (χ0v) is 10.4. The molecule has 96 valence electrons. The van der Waals surface area contributed by atoms with Crippen LogP contribution in [0.1, 0.15) is 48.9 Å². The number of benzene rings is 1. The fourth-order valence-corrected chi connectivity index (χ4v) is 2.51. The Labute approximate surface area is 107 Å². The summed E-state index contributed by atoms with van der Waals surface area (Å²) in [5.41, 5.74) is 0.362. The monoisotopic (exact) mass is 246 g/mol. The molecule has 1 atom stereocenters. The third-order valence-electron chi connectivity index (χ3n) is 3.61. The number of carbonyl (C=O) groups excluding carboxylic acids is 2. The molecule has 0 amide bonds. The quantitative estimate of drug-likeness (QED) is 0.830. The Bertz CT molecular complexity index is 451. The Kier molecular flexibility index (Phi) is 4.13. The van der Waals surface area contributed by atoms with E-state index in [4.69, 9.17) is 0 Å². The third-order valence-corrected chi connectivity index (χ3v) is 3.61. The topological polar surface area (TPSA) is 54.4 Å². The molecule has 18 heavy (non-hydrogen) atoms. The van der Waals surface area contributed by atoms with E-state index < -0.39 is 0 Å². The fourth-order valence-electron chi connectivity index (χ4n) is 2.51. The van der Waals surface area contributed by atoms with Crippen LogP contribution < -0.4 is 0 Å². The van der Waals surface area contributed by atoms with Gasteiger partial charge in [-0.1, -0.05) is 18.6 Å². The molecule has 0 aliphatic heterocycles. The molecule has 0 aromatic heterocycles. The van der Waals surface area contributed by atoms with E-state index in [1.54, 1.807) is 18.2 Å². The first-order chi connectivity index (χ1) is 8.68. The van der Waals surface area contributed by atoms with Crippen LogP contribution >= 0.6 is 0 Å². The molecule has 1 aliphatic carbocycles. The van der Waals surface area contributed by atoms with Gasteiger partial charge < -0.3 is 5.11 Å². The maximum absolute atomic E-state index is 11.9. The van der Waals surface area contributed by atoms with Gasteiger partial charge in [0.1, 0.15) is 11.5 Å². The summed E-state index contributed by atoms with van der Waals surface area (Å²) in [6.07, 6.45) is 4.60. The lowest BCUT2D eigenvalue weighted by Gasteiger charge is -2.19. The van der Waals surface area contributed by atoms with Crippen molar-refractivity contribution >= 4 is 11.6 Å². The Morgan fingerprint density at radius 3 is 2.78 bits per heavy atom. The zero-order valence-electron chi connectivity index (χ0n) is 10.4. The largest absolute Gasteiger partial charge is 0.507 e. The number of hydrogen-bond donors (Lipinski definition) is 1. The third kappa shape index (κ3) is 2.97. The van der Waals surface area contributed by atoms with E-state index in [0.717, 1.165) is 19.3 Å². The van der Waals surface area contributed by atoms with Gasteiger partial charge in [0, 0.05) is 18.8 Å². The molecule has 2 rings (SSSR count).